The van der Waals surface area contributed by atoms with Crippen LogP contribution in [-0.2, 0) is 20.6 Å². The maximum atomic E-state index is 12.3. The number of sulfonamides is 1. The van der Waals surface area contributed by atoms with E-state index in [1.54, 1.807) is 4.90 Å². The van der Waals surface area contributed by atoms with Gasteiger partial charge in [0, 0.05) is 13.1 Å². The van der Waals surface area contributed by atoms with Crippen molar-refractivity contribution in [1.29, 1.82) is 0 Å². The number of pyridine rings is 1. The number of carbonyl (C=O) groups is 1. The summed E-state index contributed by atoms with van der Waals surface area (Å²) in [4.78, 5) is 18.0. The Morgan fingerprint density at radius 1 is 1.36 bits per heavy atom. The van der Waals surface area contributed by atoms with Crippen LogP contribution in [0.15, 0.2) is 17.2 Å². The van der Waals surface area contributed by atoms with Crippen molar-refractivity contribution in [2.24, 2.45) is 5.92 Å². The van der Waals surface area contributed by atoms with E-state index in [-0.39, 0.29) is 28.5 Å². The fraction of sp³-hybridized carbons (Fsp3) is 0.667. The Kier molecular flexibility index (Phi) is 7.52. The molecule has 1 N–H and O–H groups in total. The number of ether oxygens (including phenoxy) is 2. The van der Waals surface area contributed by atoms with Gasteiger partial charge < -0.3 is 14.4 Å². The van der Waals surface area contributed by atoms with E-state index in [4.69, 9.17) is 21.1 Å². The van der Waals surface area contributed by atoms with Crippen molar-refractivity contribution in [2.75, 3.05) is 26.7 Å². The third-order valence-corrected chi connectivity index (χ3v) is 6.03. The van der Waals surface area contributed by atoms with Crippen molar-refractivity contribution >= 4 is 27.7 Å². The van der Waals surface area contributed by atoms with Gasteiger partial charge in [-0.25, -0.2) is 17.9 Å². The fourth-order valence-corrected chi connectivity index (χ4v) is 3.82. The lowest BCUT2D eigenvalue weighted by Crippen LogP contribution is -2.42. The first-order valence-electron chi connectivity index (χ1n) is 9.15. The number of nitrogens with zero attached hydrogens (tertiary/aromatic N) is 2. The molecule has 0 unspecified atom stereocenters. The molecular weight excluding hydrogens is 406 g/mol. The highest BCUT2D eigenvalue weighted by Crippen LogP contribution is 2.26. The molecular formula is C18H28ClN3O5S. The standard InChI is InChI=1S/C18H28ClN3O5S/c1-18(2,3)27-17(23)22-7-5-13(6-8-22)12-26-15-11-21-14(10-19)9-16(15)28(24,25)20-4/h9,11,13,20H,5-8,10,12H2,1-4H3. The van der Waals surface area contributed by atoms with Gasteiger partial charge in [-0.15, -0.1) is 11.6 Å². The number of hydrogen-bond acceptors (Lipinski definition) is 6. The van der Waals surface area contributed by atoms with Crippen LogP contribution in [0.3, 0.4) is 0 Å². The Labute approximate surface area is 171 Å². The number of likely N-dealkylation sites (tertiary alicyclic amines) is 1. The molecule has 0 spiro atoms. The molecule has 2 heterocycles. The summed E-state index contributed by atoms with van der Waals surface area (Å²) in [6, 6.07) is 1.42. The number of alkyl halides is 1. The zero-order chi connectivity index (χ0) is 20.9. The van der Waals surface area contributed by atoms with Crippen molar-refractivity contribution in [3.63, 3.8) is 0 Å². The Balaban J connectivity index is 1.96. The fourth-order valence-electron chi connectivity index (χ4n) is 2.78. The topological polar surface area (TPSA) is 97.8 Å². The number of hydrogen-bond donors (Lipinski definition) is 1. The Morgan fingerprint density at radius 3 is 2.54 bits per heavy atom. The SMILES string of the molecule is CNS(=O)(=O)c1cc(CCl)ncc1OCC1CCN(C(=O)OC(C)(C)C)CC1. The molecule has 1 aliphatic rings. The summed E-state index contributed by atoms with van der Waals surface area (Å²) in [5, 5.41) is 0. The summed E-state index contributed by atoms with van der Waals surface area (Å²) in [6.45, 7) is 7.02. The van der Waals surface area contributed by atoms with Crippen molar-refractivity contribution in [2.45, 2.75) is 50.0 Å². The molecule has 1 fully saturated rings. The van der Waals surface area contributed by atoms with Crippen LogP contribution in [0.25, 0.3) is 0 Å². The monoisotopic (exact) mass is 433 g/mol. The number of amides is 1. The molecule has 28 heavy (non-hydrogen) atoms. The minimum absolute atomic E-state index is 0.0202. The highest BCUT2D eigenvalue weighted by Gasteiger charge is 2.28. The Bertz CT molecular complexity index is 787. The Hall–Kier alpha value is -1.58. The molecule has 1 aliphatic heterocycles. The maximum absolute atomic E-state index is 12.3. The molecule has 0 aliphatic carbocycles. The minimum Gasteiger partial charge on any atom is -0.490 e. The average molecular weight is 434 g/mol. The summed E-state index contributed by atoms with van der Waals surface area (Å²) in [7, 11) is -2.36. The summed E-state index contributed by atoms with van der Waals surface area (Å²) < 4.78 is 38.0. The lowest BCUT2D eigenvalue weighted by Gasteiger charge is -2.33. The highest BCUT2D eigenvalue weighted by atomic mass is 35.5. The van der Waals surface area contributed by atoms with Crippen molar-refractivity contribution in [3.05, 3.63) is 18.0 Å². The van der Waals surface area contributed by atoms with Gasteiger partial charge >= 0.3 is 6.09 Å². The lowest BCUT2D eigenvalue weighted by molar-refractivity contribution is 0.0164. The molecule has 1 amide bonds. The normalized spacial score (nSPS) is 16.1. The summed E-state index contributed by atoms with van der Waals surface area (Å²) in [5.74, 6) is 0.504. The molecule has 158 valence electrons. The van der Waals surface area contributed by atoms with Crippen LogP contribution in [0.4, 0.5) is 4.79 Å². The summed E-state index contributed by atoms with van der Waals surface area (Å²) in [5.41, 5.74) is -0.0671. The van der Waals surface area contributed by atoms with E-state index < -0.39 is 15.6 Å². The molecule has 1 saturated heterocycles. The van der Waals surface area contributed by atoms with Gasteiger partial charge in [-0.05, 0) is 52.6 Å². The first kappa shape index (κ1) is 22.7. The number of nitrogens with one attached hydrogen (secondary N) is 1. The molecule has 8 nitrogen and oxygen atoms in total. The average Bonchev–Trinajstić information content (AvgIpc) is 2.65. The third-order valence-electron chi connectivity index (χ3n) is 4.32. The molecule has 1 aromatic heterocycles. The number of piperidine rings is 1. The molecule has 0 saturated carbocycles. The molecule has 2 rings (SSSR count). The second-order valence-corrected chi connectivity index (χ2v) is 9.81. The molecule has 0 aromatic carbocycles. The van der Waals surface area contributed by atoms with Gasteiger partial charge in [0.05, 0.1) is 24.4 Å². The van der Waals surface area contributed by atoms with Gasteiger partial charge in [0.25, 0.3) is 0 Å². The van der Waals surface area contributed by atoms with Crippen LogP contribution >= 0.6 is 11.6 Å². The second-order valence-electron chi connectivity index (χ2n) is 7.69. The molecule has 0 atom stereocenters. The maximum Gasteiger partial charge on any atom is 0.410 e. The molecule has 0 bridgehead atoms. The van der Waals surface area contributed by atoms with Gasteiger partial charge in [-0.3, -0.25) is 4.98 Å². The quantitative estimate of drug-likeness (QED) is 0.692. The van der Waals surface area contributed by atoms with Gasteiger partial charge in [0.15, 0.2) is 5.75 Å². The number of rotatable bonds is 6. The number of carbonyl (C=O) groups excluding carboxylic acids is 1. The minimum atomic E-state index is -3.69. The Morgan fingerprint density at radius 2 is 2.00 bits per heavy atom. The van der Waals surface area contributed by atoms with Crippen molar-refractivity contribution in [1.82, 2.24) is 14.6 Å². The zero-order valence-corrected chi connectivity index (χ0v) is 18.3. The van der Waals surface area contributed by atoms with Crippen LogP contribution in [-0.4, -0.2) is 56.7 Å². The van der Waals surface area contributed by atoms with Gasteiger partial charge in [-0.1, -0.05) is 0 Å². The number of halogens is 1. The van der Waals surface area contributed by atoms with E-state index in [9.17, 15) is 13.2 Å². The van der Waals surface area contributed by atoms with Crippen LogP contribution in [0.5, 0.6) is 5.75 Å². The smallest absolute Gasteiger partial charge is 0.410 e. The van der Waals surface area contributed by atoms with Crippen LogP contribution in [0, 0.1) is 5.92 Å². The number of aromatic nitrogens is 1. The van der Waals surface area contributed by atoms with Crippen molar-refractivity contribution < 1.29 is 22.7 Å². The summed E-state index contributed by atoms with van der Waals surface area (Å²) >= 11 is 5.76. The van der Waals surface area contributed by atoms with Gasteiger partial charge in [0.1, 0.15) is 10.5 Å². The molecule has 0 radical (unpaired) electrons. The first-order valence-corrected chi connectivity index (χ1v) is 11.2. The van der Waals surface area contributed by atoms with Crippen LogP contribution in [0.2, 0.25) is 0 Å². The zero-order valence-electron chi connectivity index (χ0n) is 16.7. The predicted molar refractivity (Wildman–Crippen MR) is 106 cm³/mol. The molecule has 10 heteroatoms. The van der Waals surface area contributed by atoms with E-state index >= 15 is 0 Å². The largest absolute Gasteiger partial charge is 0.490 e. The lowest BCUT2D eigenvalue weighted by atomic mass is 9.98. The molecule has 1 aromatic rings. The van der Waals surface area contributed by atoms with Crippen LogP contribution in [0.1, 0.15) is 39.3 Å². The predicted octanol–water partition coefficient (Wildman–Crippen LogP) is 2.75. The van der Waals surface area contributed by atoms with E-state index in [2.05, 4.69) is 9.71 Å². The van der Waals surface area contributed by atoms with Gasteiger partial charge in [0.2, 0.25) is 10.0 Å². The van der Waals surface area contributed by atoms with Crippen LogP contribution < -0.4 is 9.46 Å². The van der Waals surface area contributed by atoms with E-state index in [0.717, 1.165) is 12.8 Å². The van der Waals surface area contributed by atoms with Crippen molar-refractivity contribution in [3.8, 4) is 5.75 Å². The third kappa shape index (κ3) is 6.22. The second kappa shape index (κ2) is 9.28. The summed E-state index contributed by atoms with van der Waals surface area (Å²) in [6.07, 6.45) is 2.58. The van der Waals surface area contributed by atoms with E-state index in [0.29, 0.717) is 25.4 Å². The van der Waals surface area contributed by atoms with Gasteiger partial charge in [-0.2, -0.15) is 0 Å². The highest BCUT2D eigenvalue weighted by molar-refractivity contribution is 7.89. The van der Waals surface area contributed by atoms with E-state index in [1.807, 2.05) is 20.8 Å². The first-order chi connectivity index (χ1) is 13.1. The van der Waals surface area contributed by atoms with E-state index in [1.165, 1.54) is 19.3 Å².